The molecule has 0 aromatic carbocycles. The Morgan fingerprint density at radius 1 is 1.65 bits per heavy atom. The van der Waals surface area contributed by atoms with Gasteiger partial charge in [-0.3, -0.25) is 10.1 Å². The van der Waals surface area contributed by atoms with Gasteiger partial charge >= 0.3 is 5.69 Å². The molecule has 0 aliphatic carbocycles. The average molecular weight is 237 g/mol. The molecule has 1 aliphatic heterocycles. The van der Waals surface area contributed by atoms with Gasteiger partial charge in [0.2, 0.25) is 5.82 Å². The zero-order chi connectivity index (χ0) is 12.4. The van der Waals surface area contributed by atoms with Gasteiger partial charge in [-0.15, -0.1) is 0 Å². The van der Waals surface area contributed by atoms with Gasteiger partial charge < -0.3 is 16.0 Å². The van der Waals surface area contributed by atoms with Crippen LogP contribution in [0.2, 0.25) is 0 Å². The van der Waals surface area contributed by atoms with Crippen molar-refractivity contribution in [3.63, 3.8) is 0 Å². The molecule has 2 rings (SSSR count). The third-order valence-electron chi connectivity index (χ3n) is 2.84. The van der Waals surface area contributed by atoms with Crippen molar-refractivity contribution in [2.75, 3.05) is 31.2 Å². The molecule has 7 nitrogen and oxygen atoms in total. The number of likely N-dealkylation sites (N-methyl/N-ethyl adjacent to an activating group) is 1. The minimum Gasteiger partial charge on any atom is -0.378 e. The van der Waals surface area contributed by atoms with Crippen molar-refractivity contribution in [1.29, 1.82) is 0 Å². The quantitative estimate of drug-likeness (QED) is 0.593. The fourth-order valence-electron chi connectivity index (χ4n) is 1.96. The molecule has 17 heavy (non-hydrogen) atoms. The molecule has 1 unspecified atom stereocenters. The van der Waals surface area contributed by atoms with E-state index in [4.69, 9.17) is 5.73 Å². The van der Waals surface area contributed by atoms with E-state index >= 15 is 0 Å². The summed E-state index contributed by atoms with van der Waals surface area (Å²) in [4.78, 5) is 16.3. The van der Waals surface area contributed by atoms with Crippen molar-refractivity contribution < 1.29 is 4.92 Å². The lowest BCUT2D eigenvalue weighted by molar-refractivity contribution is -0.384. The van der Waals surface area contributed by atoms with Crippen LogP contribution in [0.3, 0.4) is 0 Å². The fraction of sp³-hybridized carbons (Fsp3) is 0.500. The first-order valence-electron chi connectivity index (χ1n) is 5.42. The molecule has 0 amide bonds. The number of rotatable bonds is 3. The largest absolute Gasteiger partial charge is 0.378 e. The molecule has 3 N–H and O–H groups in total. The number of nitrogens with one attached hydrogen (secondary N) is 1. The Labute approximate surface area is 98.8 Å². The number of nitrogens with two attached hydrogens (primary N) is 1. The predicted octanol–water partition coefficient (Wildman–Crippen LogP) is 0.688. The van der Waals surface area contributed by atoms with Crippen molar-refractivity contribution in [3.05, 3.63) is 22.2 Å². The topological polar surface area (TPSA) is 97.3 Å². The van der Waals surface area contributed by atoms with Gasteiger partial charge in [0.15, 0.2) is 0 Å². The summed E-state index contributed by atoms with van der Waals surface area (Å²) in [7, 11) is 2.05. The van der Waals surface area contributed by atoms with E-state index in [-0.39, 0.29) is 11.5 Å². The summed E-state index contributed by atoms with van der Waals surface area (Å²) >= 11 is 0. The maximum Gasteiger partial charge on any atom is 0.311 e. The lowest BCUT2D eigenvalue weighted by atomic mass is 10.2. The number of pyridine rings is 1. The predicted molar refractivity (Wildman–Crippen MR) is 64.8 cm³/mol. The molecular formula is C10H15N5O2. The molecule has 7 heteroatoms. The van der Waals surface area contributed by atoms with Gasteiger partial charge in [-0.05, 0) is 26.1 Å². The molecular weight excluding hydrogens is 222 g/mol. The Kier molecular flexibility index (Phi) is 3.10. The van der Waals surface area contributed by atoms with Gasteiger partial charge in [-0.2, -0.15) is 0 Å². The first-order valence-corrected chi connectivity index (χ1v) is 5.42. The van der Waals surface area contributed by atoms with E-state index in [2.05, 4.69) is 22.2 Å². The van der Waals surface area contributed by atoms with E-state index in [1.807, 2.05) is 0 Å². The zero-order valence-electron chi connectivity index (χ0n) is 9.59. The van der Waals surface area contributed by atoms with Gasteiger partial charge in [-0.1, -0.05) is 0 Å². The Hall–Kier alpha value is -1.89. The summed E-state index contributed by atoms with van der Waals surface area (Å²) < 4.78 is 0. The lowest BCUT2D eigenvalue weighted by Gasteiger charge is -2.13. The maximum absolute atomic E-state index is 10.6. The molecule has 2 heterocycles. The van der Waals surface area contributed by atoms with Crippen molar-refractivity contribution in [3.8, 4) is 0 Å². The molecule has 0 spiro atoms. The Morgan fingerprint density at radius 3 is 2.94 bits per heavy atom. The molecule has 0 bridgehead atoms. The summed E-state index contributed by atoms with van der Waals surface area (Å²) in [5, 5.41) is 13.8. The summed E-state index contributed by atoms with van der Waals surface area (Å²) in [6.07, 6.45) is 1.04. The van der Waals surface area contributed by atoms with Crippen LogP contribution >= 0.6 is 0 Å². The van der Waals surface area contributed by atoms with Crippen LogP contribution in [0.1, 0.15) is 6.42 Å². The van der Waals surface area contributed by atoms with E-state index in [1.54, 1.807) is 6.07 Å². The molecule has 1 fully saturated rings. The highest BCUT2D eigenvalue weighted by molar-refractivity contribution is 5.57. The van der Waals surface area contributed by atoms with Crippen molar-refractivity contribution in [2.24, 2.45) is 0 Å². The van der Waals surface area contributed by atoms with E-state index in [0.29, 0.717) is 11.9 Å². The van der Waals surface area contributed by atoms with Gasteiger partial charge in [0.05, 0.1) is 4.92 Å². The van der Waals surface area contributed by atoms with E-state index in [0.717, 1.165) is 19.5 Å². The standard InChI is InChI=1S/C10H15N5O2/c1-14-5-4-7(6-14)12-9-3-2-8(15(16)17)10(11)13-9/h2-3,7H,4-6H2,1H3,(H3,11,12,13). The van der Waals surface area contributed by atoms with Gasteiger partial charge in [-0.25, -0.2) is 4.98 Å². The number of nitrogen functional groups attached to an aromatic ring is 1. The molecule has 92 valence electrons. The van der Waals surface area contributed by atoms with Crippen LogP contribution in [0.25, 0.3) is 0 Å². The van der Waals surface area contributed by atoms with Crippen LogP contribution in [0, 0.1) is 10.1 Å². The highest BCUT2D eigenvalue weighted by atomic mass is 16.6. The highest BCUT2D eigenvalue weighted by Gasteiger charge is 2.20. The van der Waals surface area contributed by atoms with E-state index < -0.39 is 4.92 Å². The van der Waals surface area contributed by atoms with E-state index in [1.165, 1.54) is 6.07 Å². The first-order chi connectivity index (χ1) is 8.06. The number of hydrogen-bond acceptors (Lipinski definition) is 6. The summed E-state index contributed by atoms with van der Waals surface area (Å²) in [5.74, 6) is 0.541. The molecule has 1 aliphatic rings. The number of likely N-dealkylation sites (tertiary alicyclic amines) is 1. The normalized spacial score (nSPS) is 20.4. The number of hydrogen-bond donors (Lipinski definition) is 2. The number of nitro groups is 1. The van der Waals surface area contributed by atoms with Crippen LogP contribution in [-0.2, 0) is 0 Å². The fourth-order valence-corrected chi connectivity index (χ4v) is 1.96. The molecule has 1 atom stereocenters. The van der Waals surface area contributed by atoms with Crippen molar-refractivity contribution >= 4 is 17.3 Å². The Balaban J connectivity index is 2.07. The first kappa shape index (κ1) is 11.6. The van der Waals surface area contributed by atoms with Crippen LogP contribution in [0.4, 0.5) is 17.3 Å². The van der Waals surface area contributed by atoms with Crippen LogP contribution < -0.4 is 11.1 Å². The lowest BCUT2D eigenvalue weighted by Crippen LogP contribution is -2.24. The second-order valence-corrected chi connectivity index (χ2v) is 4.25. The Morgan fingerprint density at radius 2 is 2.41 bits per heavy atom. The SMILES string of the molecule is CN1CCC(Nc2ccc([N+](=O)[O-])c(N)n2)C1. The van der Waals surface area contributed by atoms with Crippen molar-refractivity contribution in [1.82, 2.24) is 9.88 Å². The molecule has 1 aromatic heterocycles. The average Bonchev–Trinajstić information content (AvgIpc) is 2.63. The number of nitrogens with zero attached hydrogens (tertiary/aromatic N) is 3. The minimum absolute atomic E-state index is 0.0497. The second-order valence-electron chi connectivity index (χ2n) is 4.25. The van der Waals surface area contributed by atoms with Crippen LogP contribution in [0.15, 0.2) is 12.1 Å². The minimum atomic E-state index is -0.532. The molecule has 0 radical (unpaired) electrons. The number of anilines is 2. The van der Waals surface area contributed by atoms with Crippen LogP contribution in [0.5, 0.6) is 0 Å². The molecule has 1 aromatic rings. The summed E-state index contributed by atoms with van der Waals surface area (Å²) in [6.45, 7) is 1.98. The zero-order valence-corrected chi connectivity index (χ0v) is 9.59. The second kappa shape index (κ2) is 4.54. The smallest absolute Gasteiger partial charge is 0.311 e. The van der Waals surface area contributed by atoms with Gasteiger partial charge in [0.25, 0.3) is 0 Å². The van der Waals surface area contributed by atoms with Gasteiger partial charge in [0.1, 0.15) is 5.82 Å². The highest BCUT2D eigenvalue weighted by Crippen LogP contribution is 2.22. The Bertz CT molecular complexity index is 437. The molecule has 0 saturated carbocycles. The maximum atomic E-state index is 10.6. The molecule has 1 saturated heterocycles. The number of aromatic nitrogens is 1. The van der Waals surface area contributed by atoms with Crippen LogP contribution in [-0.4, -0.2) is 41.0 Å². The summed E-state index contributed by atoms with van der Waals surface area (Å²) in [5.41, 5.74) is 5.37. The van der Waals surface area contributed by atoms with Gasteiger partial charge in [0, 0.05) is 18.7 Å². The third kappa shape index (κ3) is 2.62. The third-order valence-corrected chi connectivity index (χ3v) is 2.84. The van der Waals surface area contributed by atoms with Crippen molar-refractivity contribution in [2.45, 2.75) is 12.5 Å². The van der Waals surface area contributed by atoms with E-state index in [9.17, 15) is 10.1 Å². The monoisotopic (exact) mass is 237 g/mol. The summed E-state index contributed by atoms with van der Waals surface area (Å²) in [6, 6.07) is 3.30.